The van der Waals surface area contributed by atoms with Crippen LogP contribution in [0.2, 0.25) is 0 Å². The molecule has 0 bridgehead atoms. The molecule has 0 aromatic carbocycles. The molecule has 0 aromatic rings. The molecule has 56 valence electrons. The number of allylic oxidation sites excluding steroid dienone is 4. The number of rotatable bonds is 5. The Kier molecular flexibility index (Phi) is 7.46. The second-order valence-electron chi connectivity index (χ2n) is 2.09. The Morgan fingerprint density at radius 3 is 2.60 bits per heavy atom. The van der Waals surface area contributed by atoms with E-state index in [1.807, 2.05) is 6.08 Å². The first-order chi connectivity index (χ1) is 4.91. The highest BCUT2D eigenvalue weighted by atomic mass is 16.1. The van der Waals surface area contributed by atoms with Crippen LogP contribution in [0.1, 0.15) is 26.2 Å². The summed E-state index contributed by atoms with van der Waals surface area (Å²) in [7, 11) is 0. The van der Waals surface area contributed by atoms with Gasteiger partial charge in [-0.05, 0) is 12.5 Å². The number of hydrogen-bond acceptors (Lipinski definition) is 1. The van der Waals surface area contributed by atoms with Gasteiger partial charge in [0.1, 0.15) is 6.29 Å². The molecule has 0 saturated carbocycles. The SMILES string of the molecule is CCCC/C=C\C=C/C=O. The van der Waals surface area contributed by atoms with Crippen LogP contribution in [0.25, 0.3) is 0 Å². The van der Waals surface area contributed by atoms with Crippen LogP contribution in [-0.2, 0) is 4.79 Å². The van der Waals surface area contributed by atoms with Crippen LogP contribution >= 0.6 is 0 Å². The van der Waals surface area contributed by atoms with Gasteiger partial charge in [0.05, 0.1) is 0 Å². The van der Waals surface area contributed by atoms with Crippen molar-refractivity contribution in [1.29, 1.82) is 0 Å². The Bertz CT molecular complexity index is 123. The van der Waals surface area contributed by atoms with Crippen LogP contribution in [-0.4, -0.2) is 6.29 Å². The Balaban J connectivity index is 3.19. The molecule has 1 heteroatoms. The zero-order valence-corrected chi connectivity index (χ0v) is 6.42. The first kappa shape index (κ1) is 9.15. The zero-order valence-electron chi connectivity index (χ0n) is 6.42. The highest BCUT2D eigenvalue weighted by Crippen LogP contribution is 1.94. The van der Waals surface area contributed by atoms with E-state index >= 15 is 0 Å². The number of aldehydes is 1. The van der Waals surface area contributed by atoms with Crippen LogP contribution in [0.3, 0.4) is 0 Å². The van der Waals surface area contributed by atoms with E-state index in [1.165, 1.54) is 18.9 Å². The smallest absolute Gasteiger partial charge is 0.142 e. The molecular weight excluding hydrogens is 124 g/mol. The van der Waals surface area contributed by atoms with E-state index < -0.39 is 0 Å². The summed E-state index contributed by atoms with van der Waals surface area (Å²) in [5.41, 5.74) is 0. The van der Waals surface area contributed by atoms with Gasteiger partial charge in [0.2, 0.25) is 0 Å². The zero-order chi connectivity index (χ0) is 7.66. The van der Waals surface area contributed by atoms with Gasteiger partial charge in [-0.2, -0.15) is 0 Å². The van der Waals surface area contributed by atoms with Crippen molar-refractivity contribution in [3.63, 3.8) is 0 Å². The van der Waals surface area contributed by atoms with Crippen molar-refractivity contribution in [2.75, 3.05) is 0 Å². The Labute approximate surface area is 62.4 Å². The van der Waals surface area contributed by atoms with Crippen molar-refractivity contribution >= 4 is 6.29 Å². The standard InChI is InChI=1S/C9H14O/c1-2-3-4-5-6-7-8-9-10/h5-9H,2-4H2,1H3/b6-5-,8-7-. The largest absolute Gasteiger partial charge is 0.299 e. The van der Waals surface area contributed by atoms with Gasteiger partial charge >= 0.3 is 0 Å². The lowest BCUT2D eigenvalue weighted by Gasteiger charge is -1.84. The fourth-order valence-corrected chi connectivity index (χ4v) is 0.606. The van der Waals surface area contributed by atoms with Gasteiger partial charge in [-0.3, -0.25) is 4.79 Å². The van der Waals surface area contributed by atoms with Gasteiger partial charge < -0.3 is 0 Å². The molecule has 0 aliphatic carbocycles. The molecule has 0 rings (SSSR count). The first-order valence-corrected chi connectivity index (χ1v) is 3.68. The molecule has 0 aromatic heterocycles. The van der Waals surface area contributed by atoms with Gasteiger partial charge in [0.25, 0.3) is 0 Å². The quantitative estimate of drug-likeness (QED) is 0.247. The minimum atomic E-state index is 0.782. The van der Waals surface area contributed by atoms with Crippen LogP contribution in [0.4, 0.5) is 0 Å². The van der Waals surface area contributed by atoms with Crippen LogP contribution in [0, 0.1) is 0 Å². The molecule has 0 fully saturated rings. The maximum atomic E-state index is 9.77. The molecule has 0 radical (unpaired) electrons. The van der Waals surface area contributed by atoms with Gasteiger partial charge in [0.15, 0.2) is 0 Å². The highest BCUT2D eigenvalue weighted by Gasteiger charge is 1.74. The summed E-state index contributed by atoms with van der Waals surface area (Å²) in [5, 5.41) is 0. The van der Waals surface area contributed by atoms with Crippen molar-refractivity contribution in [2.45, 2.75) is 26.2 Å². The molecule has 0 aliphatic rings. The van der Waals surface area contributed by atoms with E-state index in [1.54, 1.807) is 6.08 Å². The van der Waals surface area contributed by atoms with Crippen LogP contribution in [0.5, 0.6) is 0 Å². The molecule has 0 unspecified atom stereocenters. The van der Waals surface area contributed by atoms with Crippen molar-refractivity contribution in [3.05, 3.63) is 24.3 Å². The van der Waals surface area contributed by atoms with E-state index in [4.69, 9.17) is 0 Å². The molecule has 0 N–H and O–H groups in total. The fourth-order valence-electron chi connectivity index (χ4n) is 0.606. The van der Waals surface area contributed by atoms with Gasteiger partial charge in [0, 0.05) is 0 Å². The summed E-state index contributed by atoms with van der Waals surface area (Å²) in [6.07, 6.45) is 11.6. The van der Waals surface area contributed by atoms with E-state index in [9.17, 15) is 4.79 Å². The number of unbranched alkanes of at least 4 members (excludes halogenated alkanes) is 2. The summed E-state index contributed by atoms with van der Waals surface area (Å²) < 4.78 is 0. The van der Waals surface area contributed by atoms with Gasteiger partial charge in [-0.1, -0.05) is 38.0 Å². The average molecular weight is 138 g/mol. The van der Waals surface area contributed by atoms with Crippen molar-refractivity contribution < 1.29 is 4.79 Å². The van der Waals surface area contributed by atoms with E-state index in [0.29, 0.717) is 0 Å². The maximum absolute atomic E-state index is 9.77. The first-order valence-electron chi connectivity index (χ1n) is 3.68. The lowest BCUT2D eigenvalue weighted by Crippen LogP contribution is -1.65. The predicted octanol–water partition coefficient (Wildman–Crippen LogP) is 2.49. The minimum absolute atomic E-state index is 0.782. The number of hydrogen-bond donors (Lipinski definition) is 0. The Morgan fingerprint density at radius 2 is 2.00 bits per heavy atom. The molecule has 0 saturated heterocycles. The molecule has 0 atom stereocenters. The van der Waals surface area contributed by atoms with E-state index in [0.717, 1.165) is 12.7 Å². The van der Waals surface area contributed by atoms with Crippen molar-refractivity contribution in [1.82, 2.24) is 0 Å². The van der Waals surface area contributed by atoms with Gasteiger partial charge in [-0.25, -0.2) is 0 Å². The summed E-state index contributed by atoms with van der Waals surface area (Å²) in [6, 6.07) is 0. The molecule has 0 spiro atoms. The Hall–Kier alpha value is -0.850. The third-order valence-electron chi connectivity index (χ3n) is 1.16. The van der Waals surface area contributed by atoms with Gasteiger partial charge in [-0.15, -0.1) is 0 Å². The maximum Gasteiger partial charge on any atom is 0.142 e. The number of carbonyl (C=O) groups is 1. The average Bonchev–Trinajstić information content (AvgIpc) is 1.97. The fraction of sp³-hybridized carbons (Fsp3) is 0.444. The molecule has 10 heavy (non-hydrogen) atoms. The number of carbonyl (C=O) groups excluding carboxylic acids is 1. The second kappa shape index (κ2) is 8.15. The summed E-state index contributed by atoms with van der Waals surface area (Å²) in [4.78, 5) is 9.77. The van der Waals surface area contributed by atoms with Crippen molar-refractivity contribution in [3.8, 4) is 0 Å². The topological polar surface area (TPSA) is 17.1 Å². The summed E-state index contributed by atoms with van der Waals surface area (Å²) in [6.45, 7) is 2.16. The summed E-state index contributed by atoms with van der Waals surface area (Å²) >= 11 is 0. The van der Waals surface area contributed by atoms with E-state index in [-0.39, 0.29) is 0 Å². The molecule has 1 nitrogen and oxygen atoms in total. The lowest BCUT2D eigenvalue weighted by atomic mass is 10.2. The summed E-state index contributed by atoms with van der Waals surface area (Å²) in [5.74, 6) is 0. The Morgan fingerprint density at radius 1 is 1.20 bits per heavy atom. The van der Waals surface area contributed by atoms with Crippen molar-refractivity contribution in [2.24, 2.45) is 0 Å². The third kappa shape index (κ3) is 7.15. The van der Waals surface area contributed by atoms with E-state index in [2.05, 4.69) is 13.0 Å². The van der Waals surface area contributed by atoms with Crippen LogP contribution < -0.4 is 0 Å². The lowest BCUT2D eigenvalue weighted by molar-refractivity contribution is -0.104. The second-order valence-corrected chi connectivity index (χ2v) is 2.09. The normalized spacial score (nSPS) is 11.3. The molecular formula is C9H14O. The highest BCUT2D eigenvalue weighted by molar-refractivity contribution is 5.65. The third-order valence-corrected chi connectivity index (χ3v) is 1.16. The molecule has 0 amide bonds. The molecule has 0 aliphatic heterocycles. The predicted molar refractivity (Wildman–Crippen MR) is 43.9 cm³/mol. The monoisotopic (exact) mass is 138 g/mol. The molecule has 0 heterocycles. The van der Waals surface area contributed by atoms with Crippen LogP contribution in [0.15, 0.2) is 24.3 Å². The minimum Gasteiger partial charge on any atom is -0.299 e.